The topological polar surface area (TPSA) is 90.1 Å². The zero-order valence-electron chi connectivity index (χ0n) is 18.3. The third-order valence-electron chi connectivity index (χ3n) is 5.46. The molecule has 1 N–H and O–H groups in total. The fourth-order valence-electron chi connectivity index (χ4n) is 4.37. The molecule has 1 aromatic heterocycles. The highest BCUT2D eigenvalue weighted by atomic mass is 35.5. The molecule has 0 aliphatic carbocycles. The molecule has 0 saturated carbocycles. The van der Waals surface area contributed by atoms with Gasteiger partial charge >= 0.3 is 5.97 Å². The first kappa shape index (κ1) is 22.9. The van der Waals surface area contributed by atoms with Gasteiger partial charge in [-0.05, 0) is 51.8 Å². The van der Waals surface area contributed by atoms with Crippen LogP contribution >= 0.6 is 12.4 Å². The minimum Gasteiger partial charge on any atom is -0.493 e. The van der Waals surface area contributed by atoms with E-state index in [1.807, 2.05) is 19.9 Å². The molecule has 0 unspecified atom stereocenters. The number of carbonyl (C=O) groups is 1. The number of carboxylic acid groups (broad SMARTS) is 1. The van der Waals surface area contributed by atoms with Crippen molar-refractivity contribution in [2.45, 2.75) is 58.2 Å². The molecule has 0 spiro atoms. The highest BCUT2D eigenvalue weighted by Crippen LogP contribution is 2.47. The Bertz CT molecular complexity index is 1150. The maximum absolute atomic E-state index is 12.1. The lowest BCUT2D eigenvalue weighted by Crippen LogP contribution is -2.32. The molecule has 2 aliphatic rings. The van der Waals surface area contributed by atoms with Crippen LogP contribution in [0.2, 0.25) is 0 Å². The van der Waals surface area contributed by atoms with E-state index in [4.69, 9.17) is 19.6 Å². The summed E-state index contributed by atoms with van der Waals surface area (Å²) >= 11 is 0. The molecule has 1 aromatic carbocycles. The van der Waals surface area contributed by atoms with Gasteiger partial charge in [0.15, 0.2) is 11.5 Å². The summed E-state index contributed by atoms with van der Waals surface area (Å²) in [7, 11) is 1.64. The van der Waals surface area contributed by atoms with Crippen LogP contribution in [-0.2, 0) is 24.2 Å². The van der Waals surface area contributed by atoms with Gasteiger partial charge in [0.2, 0.25) is 0 Å². The maximum Gasteiger partial charge on any atom is 0.323 e. The van der Waals surface area contributed by atoms with Crippen LogP contribution in [0.4, 0.5) is 0 Å². The second kappa shape index (κ2) is 7.71. The number of pyridine rings is 1. The van der Waals surface area contributed by atoms with Crippen LogP contribution in [0.5, 0.6) is 11.5 Å². The number of aliphatic imine (C=N–C) groups is 1. The Hall–Kier alpha value is -2.80. The molecule has 2 aromatic rings. The van der Waals surface area contributed by atoms with Crippen molar-refractivity contribution in [1.29, 1.82) is 0 Å². The summed E-state index contributed by atoms with van der Waals surface area (Å²) in [6.45, 7) is 7.80. The van der Waals surface area contributed by atoms with Gasteiger partial charge in [-0.1, -0.05) is 0 Å². The predicted octanol–water partition coefficient (Wildman–Crippen LogP) is 3.25. The van der Waals surface area contributed by atoms with Gasteiger partial charge in [-0.15, -0.1) is 12.4 Å². The van der Waals surface area contributed by atoms with Gasteiger partial charge in [-0.2, -0.15) is 0 Å². The number of nitrogens with zero attached hydrogens (tertiary/aromatic N) is 2. The third-order valence-corrected chi connectivity index (χ3v) is 5.46. The van der Waals surface area contributed by atoms with Gasteiger partial charge in [0.05, 0.1) is 18.4 Å². The van der Waals surface area contributed by atoms with Gasteiger partial charge in [0.25, 0.3) is 5.56 Å². The molecule has 0 bridgehead atoms. The average Bonchev–Trinajstić information content (AvgIpc) is 2.95. The Balaban J connectivity index is 0.00000272. The van der Waals surface area contributed by atoms with Gasteiger partial charge in [0, 0.05) is 35.4 Å². The molecular formula is C23H27ClN2O5. The van der Waals surface area contributed by atoms with E-state index in [1.54, 1.807) is 19.4 Å². The van der Waals surface area contributed by atoms with Crippen molar-refractivity contribution in [2.24, 2.45) is 4.99 Å². The number of halogens is 1. The monoisotopic (exact) mass is 446 g/mol. The summed E-state index contributed by atoms with van der Waals surface area (Å²) < 4.78 is 13.0. The van der Waals surface area contributed by atoms with Crippen LogP contribution in [0.25, 0.3) is 0 Å². The van der Waals surface area contributed by atoms with E-state index in [0.29, 0.717) is 17.7 Å². The second-order valence-electron chi connectivity index (χ2n) is 9.19. The van der Waals surface area contributed by atoms with E-state index in [-0.39, 0.29) is 29.1 Å². The molecule has 166 valence electrons. The zero-order valence-corrected chi connectivity index (χ0v) is 19.1. The molecule has 4 rings (SSSR count). The quantitative estimate of drug-likeness (QED) is 0.778. The summed E-state index contributed by atoms with van der Waals surface area (Å²) in [4.78, 5) is 28.3. The molecule has 31 heavy (non-hydrogen) atoms. The van der Waals surface area contributed by atoms with Gasteiger partial charge in [0.1, 0.15) is 12.1 Å². The van der Waals surface area contributed by atoms with Crippen molar-refractivity contribution in [1.82, 2.24) is 4.57 Å². The second-order valence-corrected chi connectivity index (χ2v) is 9.19. The lowest BCUT2D eigenvalue weighted by atomic mass is 9.81. The van der Waals surface area contributed by atoms with Crippen molar-refractivity contribution < 1.29 is 19.4 Å². The number of carboxylic acids is 1. The summed E-state index contributed by atoms with van der Waals surface area (Å²) in [6.07, 6.45) is 3.03. The third kappa shape index (κ3) is 4.19. The fourth-order valence-corrected chi connectivity index (χ4v) is 4.37. The van der Waals surface area contributed by atoms with Gasteiger partial charge in [-0.3, -0.25) is 14.6 Å². The van der Waals surface area contributed by atoms with Crippen molar-refractivity contribution in [2.75, 3.05) is 7.11 Å². The summed E-state index contributed by atoms with van der Waals surface area (Å²) in [5, 5.41) is 9.16. The Morgan fingerprint density at radius 2 is 1.97 bits per heavy atom. The van der Waals surface area contributed by atoms with E-state index in [0.717, 1.165) is 34.6 Å². The summed E-state index contributed by atoms with van der Waals surface area (Å²) in [5.74, 6) is 0.371. The molecule has 0 saturated heterocycles. The van der Waals surface area contributed by atoms with Crippen LogP contribution in [0.1, 0.15) is 49.9 Å². The van der Waals surface area contributed by atoms with Crippen LogP contribution < -0.4 is 15.0 Å². The fraction of sp³-hybridized carbons (Fsp3) is 0.435. The van der Waals surface area contributed by atoms with Crippen molar-refractivity contribution in [3.05, 3.63) is 57.0 Å². The van der Waals surface area contributed by atoms with Gasteiger partial charge in [-0.25, -0.2) is 0 Å². The van der Waals surface area contributed by atoms with Gasteiger partial charge < -0.3 is 19.1 Å². The Morgan fingerprint density at radius 3 is 2.61 bits per heavy atom. The van der Waals surface area contributed by atoms with Crippen LogP contribution in [0.15, 0.2) is 34.2 Å². The minimum atomic E-state index is -1.07. The molecular weight excluding hydrogens is 420 g/mol. The molecule has 7 nitrogen and oxygen atoms in total. The molecule has 0 atom stereocenters. The SMILES string of the molecule is COc1cc2c(c3c1OC(C)(C)C3)C(c1ccc(=O)n(CC(=O)O)c1)=NC(C)(C)C2.Cl. The highest BCUT2D eigenvalue weighted by Gasteiger charge is 2.39. The molecule has 2 aliphatic heterocycles. The molecule has 0 fully saturated rings. The summed E-state index contributed by atoms with van der Waals surface area (Å²) in [5.41, 5.74) is 3.52. The maximum atomic E-state index is 12.1. The molecule has 8 heteroatoms. The van der Waals surface area contributed by atoms with E-state index >= 15 is 0 Å². The number of aliphatic carboxylic acids is 1. The number of benzene rings is 1. The standard InChI is InChI=1S/C23H26N2O5.ClH/c1-22(2)9-14-8-16(29-5)21-15(10-23(3,4)30-21)19(14)20(24-22)13-6-7-17(26)25(11-13)12-18(27)28;/h6-8,11H,9-10,12H2,1-5H3,(H,27,28);1H. The largest absolute Gasteiger partial charge is 0.493 e. The highest BCUT2D eigenvalue weighted by molar-refractivity contribution is 6.16. The minimum absolute atomic E-state index is 0. The number of rotatable bonds is 4. The Labute approximate surface area is 187 Å². The number of fused-ring (bicyclic) bond motifs is 3. The van der Waals surface area contributed by atoms with Crippen molar-refractivity contribution in [3.8, 4) is 11.5 Å². The van der Waals surface area contributed by atoms with Crippen LogP contribution in [0, 0.1) is 0 Å². The van der Waals surface area contributed by atoms with E-state index in [2.05, 4.69) is 13.8 Å². The van der Waals surface area contributed by atoms with Crippen LogP contribution in [0.3, 0.4) is 0 Å². The van der Waals surface area contributed by atoms with Crippen molar-refractivity contribution in [3.63, 3.8) is 0 Å². The number of aromatic nitrogens is 1. The lowest BCUT2D eigenvalue weighted by Gasteiger charge is -2.31. The molecule has 3 heterocycles. The predicted molar refractivity (Wildman–Crippen MR) is 120 cm³/mol. The number of hydrogen-bond donors (Lipinski definition) is 1. The first-order valence-corrected chi connectivity index (χ1v) is 9.94. The van der Waals surface area contributed by atoms with E-state index in [1.165, 1.54) is 10.6 Å². The average molecular weight is 447 g/mol. The number of methoxy groups -OCH3 is 1. The van der Waals surface area contributed by atoms with Crippen molar-refractivity contribution >= 4 is 24.1 Å². The lowest BCUT2D eigenvalue weighted by molar-refractivity contribution is -0.137. The van der Waals surface area contributed by atoms with Crippen LogP contribution in [-0.4, -0.2) is 39.6 Å². The van der Waals surface area contributed by atoms with E-state index < -0.39 is 12.5 Å². The smallest absolute Gasteiger partial charge is 0.323 e. The molecule has 0 amide bonds. The first-order chi connectivity index (χ1) is 14.0. The zero-order chi connectivity index (χ0) is 21.8. The summed E-state index contributed by atoms with van der Waals surface area (Å²) in [6, 6.07) is 5.12. The number of hydrogen-bond acceptors (Lipinski definition) is 5. The molecule has 0 radical (unpaired) electrons. The van der Waals surface area contributed by atoms with E-state index in [9.17, 15) is 9.59 Å². The number of ether oxygens (including phenoxy) is 2. The normalized spacial score (nSPS) is 17.5. The Morgan fingerprint density at radius 1 is 1.26 bits per heavy atom. The Kier molecular flexibility index (Phi) is 5.69. The first-order valence-electron chi connectivity index (χ1n) is 9.94.